The maximum atomic E-state index is 8.79. The van der Waals surface area contributed by atoms with E-state index in [1.54, 1.807) is 0 Å². The van der Waals surface area contributed by atoms with Crippen molar-refractivity contribution in [2.45, 2.75) is 57.3 Å². The molecule has 0 spiro atoms. The number of rotatable bonds is 7. The first-order valence-electron chi connectivity index (χ1n) is 7.82. The lowest BCUT2D eigenvalue weighted by Crippen LogP contribution is -2.43. The van der Waals surface area contributed by atoms with E-state index in [1.807, 2.05) is 10.9 Å². The molecule has 0 radical (unpaired) electrons. The smallest absolute Gasteiger partial charge is 0.0964 e. The van der Waals surface area contributed by atoms with Gasteiger partial charge in [-0.1, -0.05) is 5.21 Å². The molecule has 1 saturated heterocycles. The molecular weight excluding hydrogens is 254 g/mol. The van der Waals surface area contributed by atoms with Gasteiger partial charge in [0.2, 0.25) is 0 Å². The van der Waals surface area contributed by atoms with Gasteiger partial charge in [-0.3, -0.25) is 4.68 Å². The number of nitrogens with one attached hydrogen (secondary N) is 1. The Labute approximate surface area is 120 Å². The molecular formula is C14H25N5O. The van der Waals surface area contributed by atoms with E-state index in [9.17, 15) is 0 Å². The second-order valence-corrected chi connectivity index (χ2v) is 5.97. The van der Waals surface area contributed by atoms with E-state index in [-0.39, 0.29) is 6.61 Å². The summed E-state index contributed by atoms with van der Waals surface area (Å²) in [6.45, 7) is 4.22. The summed E-state index contributed by atoms with van der Waals surface area (Å²) < 4.78 is 1.81. The number of aliphatic hydroxyl groups excluding tert-OH is 1. The molecule has 2 aliphatic rings. The minimum Gasteiger partial charge on any atom is -0.396 e. The van der Waals surface area contributed by atoms with Crippen LogP contribution in [-0.2, 0) is 13.1 Å². The molecule has 1 aliphatic heterocycles. The Morgan fingerprint density at radius 1 is 1.25 bits per heavy atom. The van der Waals surface area contributed by atoms with Gasteiger partial charge >= 0.3 is 0 Å². The maximum absolute atomic E-state index is 8.79. The van der Waals surface area contributed by atoms with Gasteiger partial charge in [-0.05, 0) is 45.2 Å². The highest BCUT2D eigenvalue weighted by atomic mass is 16.3. The number of aryl methyl sites for hydroxylation is 1. The predicted molar refractivity (Wildman–Crippen MR) is 76.2 cm³/mol. The number of aromatic nitrogens is 3. The number of hydrogen-bond donors (Lipinski definition) is 2. The normalized spacial score (nSPS) is 21.4. The molecule has 6 nitrogen and oxygen atoms in total. The third kappa shape index (κ3) is 3.77. The summed E-state index contributed by atoms with van der Waals surface area (Å²) in [6.07, 6.45) is 8.02. The fourth-order valence-corrected chi connectivity index (χ4v) is 2.92. The van der Waals surface area contributed by atoms with Crippen LogP contribution in [-0.4, -0.2) is 56.8 Å². The van der Waals surface area contributed by atoms with Gasteiger partial charge in [-0.25, -0.2) is 0 Å². The van der Waals surface area contributed by atoms with Gasteiger partial charge in [0.15, 0.2) is 0 Å². The number of hydrogen-bond acceptors (Lipinski definition) is 5. The molecule has 1 aromatic heterocycles. The van der Waals surface area contributed by atoms with E-state index in [0.717, 1.165) is 31.2 Å². The average Bonchev–Trinajstić information content (AvgIpc) is 3.23. The molecule has 2 heterocycles. The van der Waals surface area contributed by atoms with Crippen LogP contribution in [0.4, 0.5) is 0 Å². The van der Waals surface area contributed by atoms with Crippen molar-refractivity contribution in [1.29, 1.82) is 0 Å². The molecule has 3 rings (SSSR count). The van der Waals surface area contributed by atoms with Crippen molar-refractivity contribution < 1.29 is 5.11 Å². The number of piperidine rings is 1. The average molecular weight is 279 g/mol. The Hall–Kier alpha value is -0.980. The van der Waals surface area contributed by atoms with Crippen LogP contribution in [0.1, 0.15) is 37.8 Å². The van der Waals surface area contributed by atoms with Crippen molar-refractivity contribution >= 4 is 0 Å². The first-order valence-corrected chi connectivity index (χ1v) is 7.82. The molecule has 2 N–H and O–H groups in total. The summed E-state index contributed by atoms with van der Waals surface area (Å²) in [4.78, 5) is 2.64. The zero-order valence-corrected chi connectivity index (χ0v) is 12.0. The highest BCUT2D eigenvalue weighted by Crippen LogP contribution is 2.29. The molecule has 0 unspecified atom stereocenters. The van der Waals surface area contributed by atoms with Crippen LogP contribution in [0, 0.1) is 0 Å². The second-order valence-electron chi connectivity index (χ2n) is 5.97. The van der Waals surface area contributed by atoms with E-state index in [4.69, 9.17) is 5.11 Å². The predicted octanol–water partition coefficient (Wildman–Crippen LogP) is 0.377. The van der Waals surface area contributed by atoms with Crippen molar-refractivity contribution in [2.75, 3.05) is 19.7 Å². The van der Waals surface area contributed by atoms with Gasteiger partial charge in [0.25, 0.3) is 0 Å². The van der Waals surface area contributed by atoms with Crippen LogP contribution < -0.4 is 5.32 Å². The van der Waals surface area contributed by atoms with Crippen LogP contribution in [0.25, 0.3) is 0 Å². The fourth-order valence-electron chi connectivity index (χ4n) is 2.92. The summed E-state index contributed by atoms with van der Waals surface area (Å²) in [6, 6.07) is 1.52. The van der Waals surface area contributed by atoms with Gasteiger partial charge < -0.3 is 15.3 Å². The van der Waals surface area contributed by atoms with Crippen molar-refractivity contribution in [3.63, 3.8) is 0 Å². The van der Waals surface area contributed by atoms with Gasteiger partial charge in [-0.2, -0.15) is 0 Å². The standard InChI is InChI=1S/C14H25N5O/c20-9-1-6-19-11-13(16-17-19)10-15-12-4-7-18(8-5-12)14-2-3-14/h11-12,14-15,20H,1-10H2. The minimum atomic E-state index is 0.201. The molecule has 0 aromatic carbocycles. The molecule has 1 aliphatic carbocycles. The SMILES string of the molecule is OCCCn1cc(CNC2CCN(C3CC3)CC2)nn1. The molecule has 1 aromatic rings. The lowest BCUT2D eigenvalue weighted by atomic mass is 10.0. The van der Waals surface area contributed by atoms with Crippen molar-refractivity contribution in [3.05, 3.63) is 11.9 Å². The summed E-state index contributed by atoms with van der Waals surface area (Å²) in [7, 11) is 0. The molecule has 0 atom stereocenters. The third-order valence-electron chi connectivity index (χ3n) is 4.30. The summed E-state index contributed by atoms with van der Waals surface area (Å²) in [5, 5.41) is 20.6. The Balaban J connectivity index is 1.37. The number of likely N-dealkylation sites (tertiary alicyclic amines) is 1. The van der Waals surface area contributed by atoms with Crippen molar-refractivity contribution in [2.24, 2.45) is 0 Å². The largest absolute Gasteiger partial charge is 0.396 e. The maximum Gasteiger partial charge on any atom is 0.0964 e. The van der Waals surface area contributed by atoms with Gasteiger partial charge in [-0.15, -0.1) is 5.10 Å². The summed E-state index contributed by atoms with van der Waals surface area (Å²) >= 11 is 0. The van der Waals surface area contributed by atoms with E-state index in [2.05, 4.69) is 20.5 Å². The van der Waals surface area contributed by atoms with Crippen LogP contribution in [0.5, 0.6) is 0 Å². The third-order valence-corrected chi connectivity index (χ3v) is 4.30. The van der Waals surface area contributed by atoms with E-state index in [1.165, 1.54) is 38.8 Å². The molecule has 20 heavy (non-hydrogen) atoms. The minimum absolute atomic E-state index is 0.201. The van der Waals surface area contributed by atoms with Crippen LogP contribution in [0.15, 0.2) is 6.20 Å². The molecule has 2 fully saturated rings. The Bertz CT molecular complexity index is 409. The Morgan fingerprint density at radius 3 is 2.75 bits per heavy atom. The zero-order chi connectivity index (χ0) is 13.8. The van der Waals surface area contributed by atoms with Gasteiger partial charge in [0.1, 0.15) is 0 Å². The molecule has 6 heteroatoms. The van der Waals surface area contributed by atoms with Crippen molar-refractivity contribution in [1.82, 2.24) is 25.2 Å². The Kier molecular flexibility index (Phi) is 4.65. The van der Waals surface area contributed by atoms with E-state index >= 15 is 0 Å². The summed E-state index contributed by atoms with van der Waals surface area (Å²) in [5.74, 6) is 0. The van der Waals surface area contributed by atoms with E-state index in [0.29, 0.717) is 6.04 Å². The first kappa shape index (κ1) is 14.0. The first-order chi connectivity index (χ1) is 9.85. The molecule has 0 bridgehead atoms. The quantitative estimate of drug-likeness (QED) is 0.755. The highest BCUT2D eigenvalue weighted by molar-refractivity contribution is 4.94. The lowest BCUT2D eigenvalue weighted by molar-refractivity contribution is 0.189. The van der Waals surface area contributed by atoms with Crippen LogP contribution in [0.3, 0.4) is 0 Å². The van der Waals surface area contributed by atoms with Crippen LogP contribution in [0.2, 0.25) is 0 Å². The molecule has 1 saturated carbocycles. The van der Waals surface area contributed by atoms with E-state index < -0.39 is 0 Å². The monoisotopic (exact) mass is 279 g/mol. The fraction of sp³-hybridized carbons (Fsp3) is 0.857. The van der Waals surface area contributed by atoms with Crippen molar-refractivity contribution in [3.8, 4) is 0 Å². The summed E-state index contributed by atoms with van der Waals surface area (Å²) in [5.41, 5.74) is 0.993. The Morgan fingerprint density at radius 2 is 2.05 bits per heavy atom. The van der Waals surface area contributed by atoms with Gasteiger partial charge in [0.05, 0.1) is 5.69 Å². The zero-order valence-electron chi connectivity index (χ0n) is 12.0. The number of nitrogens with zero attached hydrogens (tertiary/aromatic N) is 4. The molecule has 0 amide bonds. The topological polar surface area (TPSA) is 66.2 Å². The second kappa shape index (κ2) is 6.65. The molecule has 112 valence electrons. The highest BCUT2D eigenvalue weighted by Gasteiger charge is 2.31. The number of aliphatic hydroxyl groups is 1. The lowest BCUT2D eigenvalue weighted by Gasteiger charge is -2.32. The van der Waals surface area contributed by atoms with Crippen LogP contribution >= 0.6 is 0 Å². The van der Waals surface area contributed by atoms with Gasteiger partial charge in [0, 0.05) is 38.0 Å².